The number of benzene rings is 2. The van der Waals surface area contributed by atoms with Gasteiger partial charge in [0.15, 0.2) is 11.9 Å². The van der Waals surface area contributed by atoms with Gasteiger partial charge in [0, 0.05) is 12.1 Å². The number of rotatable bonds is 7. The number of anilines is 1. The molecule has 1 N–H and O–H groups in total. The Morgan fingerprint density at radius 3 is 2.73 bits per heavy atom. The molecule has 0 aliphatic rings. The molecule has 152 valence electrons. The first-order chi connectivity index (χ1) is 14.6. The summed E-state index contributed by atoms with van der Waals surface area (Å²) in [6, 6.07) is 16.9. The second-order valence-corrected chi connectivity index (χ2v) is 6.67. The van der Waals surface area contributed by atoms with E-state index in [1.807, 2.05) is 36.4 Å². The van der Waals surface area contributed by atoms with Gasteiger partial charge in [0.25, 0.3) is 5.91 Å². The van der Waals surface area contributed by atoms with Gasteiger partial charge in [-0.25, -0.2) is 0 Å². The van der Waals surface area contributed by atoms with Crippen LogP contribution < -0.4 is 5.32 Å². The van der Waals surface area contributed by atoms with E-state index in [9.17, 15) is 9.59 Å². The standard InChI is InChI=1S/C22H19N3O5/c1-14(22(27)23-17-9-8-15-5-2-3-6-16(15)13-17)29-20(26)11-10-19-24-21(25-30-19)18-7-4-12-28-18/h2-9,12-14H,10-11H2,1H3,(H,23,27). The highest BCUT2D eigenvalue weighted by Gasteiger charge is 2.19. The van der Waals surface area contributed by atoms with Gasteiger partial charge in [0.05, 0.1) is 12.7 Å². The molecule has 8 heteroatoms. The van der Waals surface area contributed by atoms with E-state index >= 15 is 0 Å². The predicted octanol–water partition coefficient (Wildman–Crippen LogP) is 3.99. The SMILES string of the molecule is CC(OC(=O)CCc1nc(-c2ccco2)no1)C(=O)Nc1ccc2ccccc2c1. The maximum Gasteiger partial charge on any atom is 0.307 e. The molecule has 0 saturated heterocycles. The van der Waals surface area contributed by atoms with E-state index in [1.165, 1.54) is 13.2 Å². The van der Waals surface area contributed by atoms with E-state index in [4.69, 9.17) is 13.7 Å². The third-order valence-electron chi connectivity index (χ3n) is 4.45. The number of carbonyl (C=O) groups excluding carboxylic acids is 2. The maximum atomic E-state index is 12.4. The van der Waals surface area contributed by atoms with E-state index in [0.717, 1.165) is 10.8 Å². The van der Waals surface area contributed by atoms with Gasteiger partial charge in [-0.1, -0.05) is 35.5 Å². The van der Waals surface area contributed by atoms with Crippen LogP contribution in [0.3, 0.4) is 0 Å². The highest BCUT2D eigenvalue weighted by atomic mass is 16.5. The number of hydrogen-bond donors (Lipinski definition) is 1. The van der Waals surface area contributed by atoms with E-state index in [1.54, 1.807) is 18.2 Å². The molecule has 4 aromatic rings. The highest BCUT2D eigenvalue weighted by Crippen LogP contribution is 2.19. The zero-order valence-corrected chi connectivity index (χ0v) is 16.2. The van der Waals surface area contributed by atoms with Gasteiger partial charge in [0.1, 0.15) is 0 Å². The number of esters is 1. The highest BCUT2D eigenvalue weighted by molar-refractivity contribution is 5.97. The summed E-state index contributed by atoms with van der Waals surface area (Å²) < 4.78 is 15.5. The first-order valence-corrected chi connectivity index (χ1v) is 9.44. The summed E-state index contributed by atoms with van der Waals surface area (Å²) in [5, 5.41) is 8.65. The predicted molar refractivity (Wildman–Crippen MR) is 108 cm³/mol. The summed E-state index contributed by atoms with van der Waals surface area (Å²) in [4.78, 5) is 28.6. The molecule has 0 spiro atoms. The van der Waals surface area contributed by atoms with Crippen LogP contribution in [-0.2, 0) is 20.7 Å². The topological polar surface area (TPSA) is 107 Å². The summed E-state index contributed by atoms with van der Waals surface area (Å²) in [5.74, 6) is 0.134. The molecule has 1 atom stereocenters. The number of nitrogens with zero attached hydrogens (tertiary/aromatic N) is 2. The number of fused-ring (bicyclic) bond motifs is 1. The lowest BCUT2D eigenvalue weighted by Crippen LogP contribution is -2.30. The number of furan rings is 1. The number of aryl methyl sites for hydroxylation is 1. The molecular weight excluding hydrogens is 386 g/mol. The van der Waals surface area contributed by atoms with Crippen LogP contribution in [0.5, 0.6) is 0 Å². The molecule has 0 bridgehead atoms. The minimum absolute atomic E-state index is 0.00732. The van der Waals surface area contributed by atoms with Crippen molar-refractivity contribution in [3.05, 3.63) is 66.8 Å². The van der Waals surface area contributed by atoms with E-state index in [2.05, 4.69) is 15.5 Å². The van der Waals surface area contributed by atoms with Crippen LogP contribution in [0.25, 0.3) is 22.4 Å². The molecule has 30 heavy (non-hydrogen) atoms. The van der Waals surface area contributed by atoms with E-state index in [-0.39, 0.29) is 18.7 Å². The second-order valence-electron chi connectivity index (χ2n) is 6.67. The van der Waals surface area contributed by atoms with Crippen LogP contribution in [0, 0.1) is 0 Å². The van der Waals surface area contributed by atoms with Crippen molar-refractivity contribution in [2.75, 3.05) is 5.32 Å². The number of amides is 1. The molecule has 0 fully saturated rings. The lowest BCUT2D eigenvalue weighted by Gasteiger charge is -2.13. The molecule has 0 aliphatic carbocycles. The lowest BCUT2D eigenvalue weighted by molar-refractivity contribution is -0.153. The third kappa shape index (κ3) is 4.54. The van der Waals surface area contributed by atoms with Gasteiger partial charge < -0.3 is 19.0 Å². The molecule has 0 radical (unpaired) electrons. The van der Waals surface area contributed by atoms with Crippen LogP contribution in [-0.4, -0.2) is 28.1 Å². The fourth-order valence-electron chi connectivity index (χ4n) is 2.89. The fourth-order valence-corrected chi connectivity index (χ4v) is 2.89. The Bertz CT molecular complexity index is 1170. The Balaban J connectivity index is 1.27. The molecule has 2 aromatic carbocycles. The largest absolute Gasteiger partial charge is 0.461 e. The van der Waals surface area contributed by atoms with E-state index < -0.39 is 18.0 Å². The van der Waals surface area contributed by atoms with Crippen molar-refractivity contribution in [3.63, 3.8) is 0 Å². The van der Waals surface area contributed by atoms with E-state index in [0.29, 0.717) is 17.3 Å². The molecule has 1 unspecified atom stereocenters. The van der Waals surface area contributed by atoms with Crippen molar-refractivity contribution in [2.24, 2.45) is 0 Å². The fraction of sp³-hybridized carbons (Fsp3) is 0.182. The zero-order valence-electron chi connectivity index (χ0n) is 16.2. The summed E-state index contributed by atoms with van der Waals surface area (Å²) in [6.07, 6.45) is 0.775. The number of carbonyl (C=O) groups is 2. The minimum atomic E-state index is -0.940. The molecule has 0 saturated carbocycles. The number of ether oxygens (including phenoxy) is 1. The Hall–Kier alpha value is -3.94. The smallest absolute Gasteiger partial charge is 0.307 e. The number of hydrogen-bond acceptors (Lipinski definition) is 7. The van der Waals surface area contributed by atoms with Gasteiger partial charge in [-0.2, -0.15) is 4.98 Å². The number of aromatic nitrogens is 2. The van der Waals surface area contributed by atoms with Crippen molar-refractivity contribution < 1.29 is 23.3 Å². The van der Waals surface area contributed by atoms with Crippen LogP contribution in [0.15, 0.2) is 69.8 Å². The van der Waals surface area contributed by atoms with Gasteiger partial charge >= 0.3 is 5.97 Å². The molecule has 2 aromatic heterocycles. The first kappa shape index (κ1) is 19.4. The van der Waals surface area contributed by atoms with Crippen LogP contribution in [0.4, 0.5) is 5.69 Å². The Labute approximate surface area is 171 Å². The van der Waals surface area contributed by atoms with Crippen molar-refractivity contribution in [1.29, 1.82) is 0 Å². The average Bonchev–Trinajstić information content (AvgIpc) is 3.44. The summed E-state index contributed by atoms with van der Waals surface area (Å²) in [6.45, 7) is 1.52. The normalized spacial score (nSPS) is 11.9. The molecule has 1 amide bonds. The Morgan fingerprint density at radius 1 is 1.10 bits per heavy atom. The first-order valence-electron chi connectivity index (χ1n) is 9.44. The molecule has 2 heterocycles. The van der Waals surface area contributed by atoms with Gasteiger partial charge in [-0.3, -0.25) is 9.59 Å². The average molecular weight is 405 g/mol. The molecule has 0 aliphatic heterocycles. The van der Waals surface area contributed by atoms with Crippen molar-refractivity contribution in [2.45, 2.75) is 25.9 Å². The lowest BCUT2D eigenvalue weighted by atomic mass is 10.1. The van der Waals surface area contributed by atoms with Crippen LogP contribution >= 0.6 is 0 Å². The van der Waals surface area contributed by atoms with Crippen LogP contribution in [0.2, 0.25) is 0 Å². The zero-order chi connectivity index (χ0) is 20.9. The Morgan fingerprint density at radius 2 is 1.93 bits per heavy atom. The summed E-state index contributed by atoms with van der Waals surface area (Å²) in [7, 11) is 0. The van der Waals surface area contributed by atoms with Gasteiger partial charge in [0.2, 0.25) is 11.7 Å². The summed E-state index contributed by atoms with van der Waals surface area (Å²) in [5.41, 5.74) is 0.637. The monoisotopic (exact) mass is 405 g/mol. The minimum Gasteiger partial charge on any atom is -0.461 e. The van der Waals surface area contributed by atoms with Gasteiger partial charge in [-0.15, -0.1) is 0 Å². The van der Waals surface area contributed by atoms with Crippen molar-refractivity contribution in [3.8, 4) is 11.6 Å². The van der Waals surface area contributed by atoms with Crippen LogP contribution in [0.1, 0.15) is 19.2 Å². The maximum absolute atomic E-state index is 12.4. The number of nitrogens with one attached hydrogen (secondary N) is 1. The summed E-state index contributed by atoms with van der Waals surface area (Å²) >= 11 is 0. The van der Waals surface area contributed by atoms with Crippen molar-refractivity contribution in [1.82, 2.24) is 10.1 Å². The Kier molecular flexibility index (Phi) is 5.56. The second kappa shape index (κ2) is 8.60. The van der Waals surface area contributed by atoms with Crippen molar-refractivity contribution >= 4 is 28.3 Å². The third-order valence-corrected chi connectivity index (χ3v) is 4.45. The molecule has 8 nitrogen and oxygen atoms in total. The molecular formula is C22H19N3O5. The molecule has 4 rings (SSSR count). The quantitative estimate of drug-likeness (QED) is 0.463. The van der Waals surface area contributed by atoms with Gasteiger partial charge in [-0.05, 0) is 42.0 Å².